The summed E-state index contributed by atoms with van der Waals surface area (Å²) in [6.07, 6.45) is -2.51. The molecule has 0 amide bonds. The van der Waals surface area contributed by atoms with Crippen LogP contribution in [-0.4, -0.2) is 19.0 Å². The highest BCUT2D eigenvalue weighted by atomic mass is 19.4. The molecule has 196 valence electrons. The second kappa shape index (κ2) is 10.2. The van der Waals surface area contributed by atoms with Gasteiger partial charge in [0.25, 0.3) is 5.56 Å². The van der Waals surface area contributed by atoms with Gasteiger partial charge in [-0.1, -0.05) is 30.3 Å². The van der Waals surface area contributed by atoms with Crippen LogP contribution in [0.1, 0.15) is 11.3 Å². The van der Waals surface area contributed by atoms with Gasteiger partial charge in [0.15, 0.2) is 17.3 Å². The molecule has 0 aliphatic rings. The Morgan fingerprint density at radius 3 is 2.39 bits per heavy atom. The van der Waals surface area contributed by atoms with E-state index in [1.807, 2.05) is 6.07 Å². The Bertz CT molecular complexity index is 1630. The molecule has 14 heteroatoms. The Hall–Kier alpha value is -5.01. The molecule has 0 fully saturated rings. The highest BCUT2D eigenvalue weighted by Crippen LogP contribution is 2.38. The van der Waals surface area contributed by atoms with E-state index in [4.69, 9.17) is 9.47 Å². The van der Waals surface area contributed by atoms with Crippen LogP contribution in [0, 0.1) is 15.9 Å². The number of benzene rings is 2. The number of hydrogen-bond donors (Lipinski definition) is 0. The molecule has 0 N–H and O–H groups in total. The first-order valence-corrected chi connectivity index (χ1v) is 10.6. The van der Waals surface area contributed by atoms with Crippen molar-refractivity contribution in [3.05, 3.63) is 115 Å². The van der Waals surface area contributed by atoms with Crippen LogP contribution in [0.5, 0.6) is 17.2 Å². The van der Waals surface area contributed by atoms with E-state index in [0.717, 1.165) is 18.8 Å². The molecule has 0 radical (unpaired) electrons. The molecule has 2 aromatic carbocycles. The van der Waals surface area contributed by atoms with E-state index < -0.39 is 51.0 Å². The predicted octanol–water partition coefficient (Wildman–Crippen LogP) is 4.37. The maximum absolute atomic E-state index is 14.9. The number of nitro benzene ring substituents is 1. The highest BCUT2D eigenvalue weighted by Gasteiger charge is 2.35. The molecule has 38 heavy (non-hydrogen) atoms. The fourth-order valence-electron chi connectivity index (χ4n) is 3.46. The van der Waals surface area contributed by atoms with Crippen LogP contribution in [0.4, 0.5) is 23.2 Å². The van der Waals surface area contributed by atoms with Crippen molar-refractivity contribution in [2.45, 2.75) is 12.8 Å². The summed E-state index contributed by atoms with van der Waals surface area (Å²) in [5, 5.41) is 11.6. The molecule has 0 unspecified atom stereocenters. The van der Waals surface area contributed by atoms with Crippen molar-refractivity contribution in [3.8, 4) is 22.9 Å². The van der Waals surface area contributed by atoms with Gasteiger partial charge in [-0.15, -0.1) is 0 Å². The van der Waals surface area contributed by atoms with Gasteiger partial charge in [-0.3, -0.25) is 24.5 Å². The van der Waals surface area contributed by atoms with Crippen LogP contribution in [-0.2, 0) is 19.8 Å². The summed E-state index contributed by atoms with van der Waals surface area (Å²) in [5.74, 6) is -2.07. The largest absolute Gasteiger partial charge is 0.485 e. The molecule has 0 atom stereocenters. The predicted molar refractivity (Wildman–Crippen MR) is 124 cm³/mol. The Balaban J connectivity index is 1.80. The second-order valence-corrected chi connectivity index (χ2v) is 7.77. The molecule has 0 saturated carbocycles. The maximum Gasteiger partial charge on any atom is 0.431 e. The highest BCUT2D eigenvalue weighted by molar-refractivity contribution is 5.56. The van der Waals surface area contributed by atoms with Crippen molar-refractivity contribution >= 4 is 5.69 Å². The number of hydrogen-bond acceptors (Lipinski definition) is 7. The first-order valence-electron chi connectivity index (χ1n) is 10.6. The summed E-state index contributed by atoms with van der Waals surface area (Å²) in [7, 11) is 0.744. The maximum atomic E-state index is 14.9. The van der Waals surface area contributed by atoms with E-state index >= 15 is 0 Å². The van der Waals surface area contributed by atoms with Crippen LogP contribution in [0.2, 0.25) is 0 Å². The van der Waals surface area contributed by atoms with Gasteiger partial charge >= 0.3 is 17.6 Å². The summed E-state index contributed by atoms with van der Waals surface area (Å²) in [6, 6.07) is 11.5. The minimum Gasteiger partial charge on any atom is -0.485 e. The van der Waals surface area contributed by atoms with Crippen molar-refractivity contribution < 1.29 is 32.0 Å². The van der Waals surface area contributed by atoms with Crippen molar-refractivity contribution in [3.63, 3.8) is 0 Å². The van der Waals surface area contributed by atoms with Gasteiger partial charge in [-0.05, 0) is 5.56 Å². The van der Waals surface area contributed by atoms with Crippen molar-refractivity contribution in [2.24, 2.45) is 7.05 Å². The number of rotatable bonds is 7. The van der Waals surface area contributed by atoms with Gasteiger partial charge in [-0.25, -0.2) is 13.8 Å². The van der Waals surface area contributed by atoms with Crippen LogP contribution in [0.3, 0.4) is 0 Å². The molecule has 0 aliphatic carbocycles. The number of nitrogens with zero attached hydrogens (tertiary/aromatic N) is 4. The van der Waals surface area contributed by atoms with E-state index in [1.54, 1.807) is 24.3 Å². The molecule has 4 rings (SSSR count). The molecule has 0 bridgehead atoms. The second-order valence-electron chi connectivity index (χ2n) is 7.77. The Labute approximate surface area is 210 Å². The van der Waals surface area contributed by atoms with Crippen molar-refractivity contribution in [1.82, 2.24) is 14.1 Å². The number of aromatic nitrogens is 3. The molecular formula is C24H16F4N4O6. The molecule has 0 spiro atoms. The first kappa shape index (κ1) is 26.1. The molecule has 2 heterocycles. The Morgan fingerprint density at radius 1 is 1.03 bits per heavy atom. The third kappa shape index (κ3) is 5.23. The normalized spacial score (nSPS) is 11.3. The molecule has 4 aromatic rings. The fourth-order valence-corrected chi connectivity index (χ4v) is 3.46. The van der Waals surface area contributed by atoms with E-state index in [2.05, 4.69) is 4.98 Å². The van der Waals surface area contributed by atoms with Gasteiger partial charge < -0.3 is 9.47 Å². The lowest BCUT2D eigenvalue weighted by atomic mass is 10.2. The van der Waals surface area contributed by atoms with Crippen LogP contribution < -0.4 is 20.7 Å². The van der Waals surface area contributed by atoms with Gasteiger partial charge in [-0.2, -0.15) is 13.2 Å². The molecule has 0 saturated heterocycles. The zero-order valence-electron chi connectivity index (χ0n) is 19.3. The average Bonchev–Trinajstić information content (AvgIpc) is 2.87. The lowest BCUT2D eigenvalue weighted by molar-refractivity contribution is -0.385. The smallest absolute Gasteiger partial charge is 0.431 e. The Kier molecular flexibility index (Phi) is 6.97. The molecule has 2 aromatic heterocycles. The number of pyridine rings is 1. The van der Waals surface area contributed by atoms with Gasteiger partial charge in [0.2, 0.25) is 5.75 Å². The quantitative estimate of drug-likeness (QED) is 0.197. The third-order valence-corrected chi connectivity index (χ3v) is 5.28. The zero-order chi connectivity index (χ0) is 27.6. The van der Waals surface area contributed by atoms with Gasteiger partial charge in [0.05, 0.1) is 22.9 Å². The average molecular weight is 532 g/mol. The summed E-state index contributed by atoms with van der Waals surface area (Å²) < 4.78 is 66.0. The zero-order valence-corrected chi connectivity index (χ0v) is 19.3. The molecular weight excluding hydrogens is 516 g/mol. The Morgan fingerprint density at radius 2 is 1.74 bits per heavy atom. The van der Waals surface area contributed by atoms with E-state index in [0.29, 0.717) is 12.1 Å². The number of alkyl halides is 3. The summed E-state index contributed by atoms with van der Waals surface area (Å²) in [6.45, 7) is 0.0922. The topological polar surface area (TPSA) is 118 Å². The minimum atomic E-state index is -5.04. The van der Waals surface area contributed by atoms with Crippen LogP contribution in [0.25, 0.3) is 5.69 Å². The number of halogens is 4. The molecule has 0 aliphatic heterocycles. The fraction of sp³-hybridized carbons (Fsp3) is 0.125. The summed E-state index contributed by atoms with van der Waals surface area (Å²) >= 11 is 0. The lowest BCUT2D eigenvalue weighted by Crippen LogP contribution is -2.41. The number of ether oxygens (including phenoxy) is 2. The first-order chi connectivity index (χ1) is 18.0. The minimum absolute atomic E-state index is 0.0922. The van der Waals surface area contributed by atoms with Crippen LogP contribution in [0.15, 0.2) is 76.6 Å². The monoisotopic (exact) mass is 532 g/mol. The van der Waals surface area contributed by atoms with Crippen molar-refractivity contribution in [2.75, 3.05) is 0 Å². The standard InChI is InChI=1S/C24H16F4N4O6/c1-30-21(24(26,27)28)11-22(33)31(23(30)34)16-10-19(17(32(35)36)9-15(16)25)38-20-12-29-8-7-18(20)37-13-14-5-3-2-4-6-14/h2-12H,13H2,1H3. The van der Waals surface area contributed by atoms with E-state index in [1.165, 1.54) is 12.3 Å². The molecule has 10 nitrogen and oxygen atoms in total. The summed E-state index contributed by atoms with van der Waals surface area (Å²) in [4.78, 5) is 39.6. The SMILES string of the molecule is Cn1c(C(F)(F)F)cc(=O)n(-c2cc(Oc3cnccc3OCc3ccccc3)c([N+](=O)[O-])cc2F)c1=O. The van der Waals surface area contributed by atoms with Crippen LogP contribution >= 0.6 is 0 Å². The number of nitro groups is 1. The lowest BCUT2D eigenvalue weighted by Gasteiger charge is -2.16. The van der Waals surface area contributed by atoms with Gasteiger partial charge in [0.1, 0.15) is 12.3 Å². The third-order valence-electron chi connectivity index (χ3n) is 5.28. The van der Waals surface area contributed by atoms with Gasteiger partial charge in [0, 0.05) is 31.4 Å². The van der Waals surface area contributed by atoms with E-state index in [-0.39, 0.29) is 33.3 Å². The van der Waals surface area contributed by atoms with E-state index in [9.17, 15) is 37.3 Å². The summed E-state index contributed by atoms with van der Waals surface area (Å²) in [5.41, 5.74) is -5.55. The van der Waals surface area contributed by atoms with Crippen molar-refractivity contribution in [1.29, 1.82) is 0 Å².